The number of nitrogens with zero attached hydrogens (tertiary/aromatic N) is 2. The smallest absolute Gasteiger partial charge is 0.269 e. The van der Waals surface area contributed by atoms with Crippen LogP contribution in [-0.4, -0.2) is 33.4 Å². The minimum atomic E-state index is -0.716. The fourth-order valence-electron chi connectivity index (χ4n) is 3.42. The van der Waals surface area contributed by atoms with Crippen LogP contribution in [0.25, 0.3) is 11.3 Å². The Kier molecular flexibility index (Phi) is 4.24. The molecule has 142 valence electrons. The third-order valence-corrected chi connectivity index (χ3v) is 5.80. The lowest BCUT2D eigenvalue weighted by molar-refractivity contribution is -0.128. The van der Waals surface area contributed by atoms with E-state index in [9.17, 15) is 4.79 Å². The lowest BCUT2D eigenvalue weighted by atomic mass is 10.1. The molecule has 0 unspecified atom stereocenters. The van der Waals surface area contributed by atoms with Gasteiger partial charge in [0, 0.05) is 29.7 Å². The highest BCUT2D eigenvalue weighted by Gasteiger charge is 2.34. The number of rotatable bonds is 3. The summed E-state index contributed by atoms with van der Waals surface area (Å²) in [5.41, 5.74) is 2.59. The second-order valence-corrected chi connectivity index (χ2v) is 7.89. The molecule has 2 atom stereocenters. The largest absolute Gasteiger partial charge is 0.482 e. The second kappa shape index (κ2) is 6.91. The summed E-state index contributed by atoms with van der Waals surface area (Å²) in [6.45, 7) is 2.82. The predicted octanol–water partition coefficient (Wildman–Crippen LogP) is 3.82. The highest BCUT2D eigenvalue weighted by atomic mass is 32.2. The van der Waals surface area contributed by atoms with Gasteiger partial charge in [0.15, 0.2) is 16.7 Å². The number of amides is 1. The first-order valence-corrected chi connectivity index (χ1v) is 10.2. The van der Waals surface area contributed by atoms with Gasteiger partial charge in [-0.2, -0.15) is 0 Å². The van der Waals surface area contributed by atoms with Gasteiger partial charge in [-0.25, -0.2) is 4.98 Å². The molecule has 2 aliphatic rings. The Labute approximate surface area is 166 Å². The Morgan fingerprint density at radius 1 is 1.18 bits per heavy atom. The third kappa shape index (κ3) is 3.11. The number of ether oxygens (including phenoxy) is 2. The molecule has 7 heteroatoms. The van der Waals surface area contributed by atoms with Gasteiger partial charge in [0.25, 0.3) is 5.91 Å². The Hall–Kier alpha value is -2.93. The van der Waals surface area contributed by atoms with Crippen LogP contribution in [0.4, 0.5) is 5.69 Å². The number of para-hydroxylation sites is 2. The first-order chi connectivity index (χ1) is 13.7. The van der Waals surface area contributed by atoms with Crippen LogP contribution >= 0.6 is 11.8 Å². The van der Waals surface area contributed by atoms with Crippen LogP contribution in [0.1, 0.15) is 6.92 Å². The van der Waals surface area contributed by atoms with Crippen molar-refractivity contribution >= 4 is 23.4 Å². The number of fused-ring (bicyclic) bond motifs is 2. The summed E-state index contributed by atoms with van der Waals surface area (Å²) in [5, 5.41) is 3.99. The van der Waals surface area contributed by atoms with Gasteiger partial charge in [0.2, 0.25) is 6.10 Å². The van der Waals surface area contributed by atoms with E-state index in [4.69, 9.17) is 9.47 Å². The first kappa shape index (κ1) is 17.2. The van der Waals surface area contributed by atoms with Gasteiger partial charge < -0.3 is 19.4 Å². The van der Waals surface area contributed by atoms with Gasteiger partial charge >= 0.3 is 0 Å². The third-order valence-electron chi connectivity index (χ3n) is 4.83. The van der Waals surface area contributed by atoms with E-state index < -0.39 is 6.10 Å². The Morgan fingerprint density at radius 2 is 2.00 bits per heavy atom. The zero-order valence-electron chi connectivity index (χ0n) is 15.3. The maximum atomic E-state index is 12.8. The van der Waals surface area contributed by atoms with Crippen LogP contribution in [0.2, 0.25) is 0 Å². The van der Waals surface area contributed by atoms with Gasteiger partial charge in [-0.1, -0.05) is 36.0 Å². The number of aromatic nitrogens is 2. The van der Waals surface area contributed by atoms with Crippen molar-refractivity contribution in [3.05, 3.63) is 54.7 Å². The number of aryl methyl sites for hydroxylation is 1. The number of carbonyl (C=O) groups is 1. The molecule has 3 heterocycles. The molecular weight excluding hydrogens is 374 g/mol. The predicted molar refractivity (Wildman–Crippen MR) is 108 cm³/mol. The molecule has 1 N–H and O–H groups in total. The van der Waals surface area contributed by atoms with E-state index in [0.717, 1.165) is 28.7 Å². The van der Waals surface area contributed by atoms with Crippen molar-refractivity contribution in [1.29, 1.82) is 0 Å². The van der Waals surface area contributed by atoms with Crippen LogP contribution in [0.3, 0.4) is 0 Å². The molecule has 0 saturated carbocycles. The van der Waals surface area contributed by atoms with E-state index in [-0.39, 0.29) is 12.0 Å². The van der Waals surface area contributed by atoms with Crippen molar-refractivity contribution in [3.63, 3.8) is 0 Å². The molecule has 5 rings (SSSR count). The van der Waals surface area contributed by atoms with E-state index in [2.05, 4.69) is 21.1 Å². The molecular formula is C21H19N3O3S. The molecule has 3 aromatic rings. The first-order valence-electron chi connectivity index (χ1n) is 9.21. The monoisotopic (exact) mass is 393 g/mol. The van der Waals surface area contributed by atoms with Crippen LogP contribution in [0.15, 0.2) is 59.9 Å². The number of anilines is 1. The zero-order chi connectivity index (χ0) is 19.1. The maximum Gasteiger partial charge on any atom is 0.269 e. The normalized spacial score (nSPS) is 19.9. The molecule has 1 aromatic heterocycles. The molecule has 1 amide bonds. The van der Waals surface area contributed by atoms with Gasteiger partial charge in [-0.3, -0.25) is 4.79 Å². The number of thioether (sulfide) groups is 1. The number of benzene rings is 2. The number of carbonyl (C=O) groups excluding carboxylic acids is 1. The molecule has 0 aliphatic carbocycles. The van der Waals surface area contributed by atoms with Crippen molar-refractivity contribution in [1.82, 2.24) is 9.55 Å². The summed E-state index contributed by atoms with van der Waals surface area (Å²) >= 11 is 1.76. The molecule has 0 bridgehead atoms. The van der Waals surface area contributed by atoms with Gasteiger partial charge in [0.05, 0.1) is 5.69 Å². The van der Waals surface area contributed by atoms with Crippen molar-refractivity contribution in [2.24, 2.45) is 0 Å². The van der Waals surface area contributed by atoms with Gasteiger partial charge in [-0.15, -0.1) is 0 Å². The topological polar surface area (TPSA) is 65.4 Å². The molecule has 28 heavy (non-hydrogen) atoms. The highest BCUT2D eigenvalue weighted by molar-refractivity contribution is 7.99. The van der Waals surface area contributed by atoms with Crippen molar-refractivity contribution < 1.29 is 14.3 Å². The quantitative estimate of drug-likeness (QED) is 0.733. The molecule has 0 saturated heterocycles. The van der Waals surface area contributed by atoms with Crippen molar-refractivity contribution in [3.8, 4) is 22.8 Å². The van der Waals surface area contributed by atoms with Crippen LogP contribution in [0.5, 0.6) is 11.5 Å². The van der Waals surface area contributed by atoms with E-state index in [1.165, 1.54) is 0 Å². The SMILES string of the molecule is C[C@@H]1Oc2ccccc2O[C@@H]1C(=O)Nc1cccc(-c2cn3c(n2)SCC3)c1. The van der Waals surface area contributed by atoms with E-state index in [1.807, 2.05) is 49.4 Å². The number of hydrogen-bond donors (Lipinski definition) is 1. The molecule has 0 radical (unpaired) electrons. The summed E-state index contributed by atoms with van der Waals surface area (Å²) in [6, 6.07) is 15.1. The summed E-state index contributed by atoms with van der Waals surface area (Å²) in [6.07, 6.45) is 0.963. The van der Waals surface area contributed by atoms with E-state index in [1.54, 1.807) is 17.8 Å². The maximum absolute atomic E-state index is 12.8. The number of imidazole rings is 1. The number of hydrogen-bond acceptors (Lipinski definition) is 5. The average Bonchev–Trinajstić information content (AvgIpc) is 3.30. The van der Waals surface area contributed by atoms with E-state index in [0.29, 0.717) is 17.2 Å². The van der Waals surface area contributed by atoms with Crippen molar-refractivity contribution in [2.75, 3.05) is 11.1 Å². The Bertz CT molecular complexity index is 1030. The molecule has 0 spiro atoms. The number of nitrogens with one attached hydrogen (secondary N) is 1. The summed E-state index contributed by atoms with van der Waals surface area (Å²) in [7, 11) is 0. The van der Waals surface area contributed by atoms with E-state index >= 15 is 0 Å². The summed E-state index contributed by atoms with van der Waals surface area (Å²) in [4.78, 5) is 17.5. The standard InChI is InChI=1S/C21H19N3O3S/c1-13-19(27-18-8-3-2-7-17(18)26-13)20(25)22-15-6-4-5-14(11-15)16-12-24-9-10-28-21(24)23-16/h2-8,11-13,19H,9-10H2,1H3,(H,22,25)/t13-,19-/m0/s1. The fraction of sp³-hybridized carbons (Fsp3) is 0.238. The van der Waals surface area contributed by atoms with Crippen molar-refractivity contribution in [2.45, 2.75) is 30.8 Å². The molecule has 2 aromatic carbocycles. The minimum absolute atomic E-state index is 0.234. The lowest BCUT2D eigenvalue weighted by Gasteiger charge is -2.31. The molecule has 2 aliphatic heterocycles. The molecule has 0 fully saturated rings. The zero-order valence-corrected chi connectivity index (χ0v) is 16.1. The second-order valence-electron chi connectivity index (χ2n) is 6.83. The lowest BCUT2D eigenvalue weighted by Crippen LogP contribution is -2.46. The Balaban J connectivity index is 1.34. The average molecular weight is 393 g/mol. The van der Waals surface area contributed by atoms with Crippen LogP contribution in [0, 0.1) is 0 Å². The van der Waals surface area contributed by atoms with Crippen LogP contribution < -0.4 is 14.8 Å². The fourth-order valence-corrected chi connectivity index (χ4v) is 4.37. The van der Waals surface area contributed by atoms with Gasteiger partial charge in [-0.05, 0) is 31.2 Å². The van der Waals surface area contributed by atoms with Gasteiger partial charge in [0.1, 0.15) is 6.10 Å². The summed E-state index contributed by atoms with van der Waals surface area (Å²) < 4.78 is 13.9. The minimum Gasteiger partial charge on any atom is -0.482 e. The summed E-state index contributed by atoms with van der Waals surface area (Å²) in [5.74, 6) is 2.08. The van der Waals surface area contributed by atoms with Crippen LogP contribution in [-0.2, 0) is 11.3 Å². The Morgan fingerprint density at radius 3 is 2.82 bits per heavy atom. The molecule has 6 nitrogen and oxygen atoms in total. The highest BCUT2D eigenvalue weighted by Crippen LogP contribution is 2.34.